The van der Waals surface area contributed by atoms with Crippen LogP contribution in [0.25, 0.3) is 0 Å². The van der Waals surface area contributed by atoms with Gasteiger partial charge >= 0.3 is 5.97 Å². The summed E-state index contributed by atoms with van der Waals surface area (Å²) in [5, 5.41) is 14.4. The molecule has 76 valence electrons. The molecule has 0 aromatic rings. The minimum atomic E-state index is -1.31. The van der Waals surface area contributed by atoms with Gasteiger partial charge in [0, 0.05) is 4.92 Å². The number of nitrogens with zero attached hydrogens (tertiary/aromatic N) is 2. The minimum absolute atomic E-state index is 0.102. The van der Waals surface area contributed by atoms with Gasteiger partial charge in [-0.2, -0.15) is 5.10 Å². The number of fused-ring (bicyclic) bond motifs is 1. The van der Waals surface area contributed by atoms with Crippen LogP contribution in [-0.2, 0) is 9.53 Å². The number of carbonyl (C=O) groups is 1. The third-order valence-corrected chi connectivity index (χ3v) is 2.47. The van der Waals surface area contributed by atoms with E-state index in [-0.39, 0.29) is 18.4 Å². The fourth-order valence-electron chi connectivity index (χ4n) is 1.62. The molecule has 7 heteroatoms. The second-order valence-electron chi connectivity index (χ2n) is 3.25. The molecule has 0 saturated heterocycles. The van der Waals surface area contributed by atoms with Crippen molar-refractivity contribution in [3.8, 4) is 0 Å². The smallest absolute Gasteiger partial charge is 0.362 e. The normalized spacial score (nSPS) is 32.6. The molecule has 1 saturated carbocycles. The Morgan fingerprint density at radius 1 is 1.93 bits per heavy atom. The first-order valence-electron chi connectivity index (χ1n) is 4.28. The summed E-state index contributed by atoms with van der Waals surface area (Å²) in [5.41, 5.74) is 1.13. The van der Waals surface area contributed by atoms with E-state index in [4.69, 9.17) is 0 Å². The van der Waals surface area contributed by atoms with E-state index in [9.17, 15) is 14.9 Å². The summed E-state index contributed by atoms with van der Waals surface area (Å²) in [6.45, 7) is 1.83. The highest BCUT2D eigenvalue weighted by Crippen LogP contribution is 2.44. The van der Waals surface area contributed by atoms with Crippen LogP contribution in [0.3, 0.4) is 0 Å². The zero-order valence-corrected chi connectivity index (χ0v) is 7.52. The maximum absolute atomic E-state index is 11.3. The van der Waals surface area contributed by atoms with Gasteiger partial charge in [0.25, 0.3) is 5.54 Å². The van der Waals surface area contributed by atoms with Crippen molar-refractivity contribution in [2.75, 3.05) is 6.61 Å². The highest BCUT2D eigenvalue weighted by molar-refractivity contribution is 6.41. The minimum Gasteiger partial charge on any atom is -0.461 e. The third-order valence-electron chi connectivity index (χ3n) is 2.47. The number of esters is 1. The Hall–Kier alpha value is -1.66. The van der Waals surface area contributed by atoms with Crippen molar-refractivity contribution in [2.45, 2.75) is 24.9 Å². The van der Waals surface area contributed by atoms with Crippen LogP contribution in [0.1, 0.15) is 13.3 Å². The molecule has 0 aromatic carbocycles. The fourth-order valence-corrected chi connectivity index (χ4v) is 1.62. The number of nitrogens with one attached hydrogen (secondary N) is 1. The van der Waals surface area contributed by atoms with Gasteiger partial charge in [-0.1, -0.05) is 0 Å². The first kappa shape index (κ1) is 8.92. The van der Waals surface area contributed by atoms with Crippen LogP contribution in [0.4, 0.5) is 0 Å². The molecule has 0 radical (unpaired) electrons. The van der Waals surface area contributed by atoms with Crippen LogP contribution >= 0.6 is 0 Å². The van der Waals surface area contributed by atoms with Gasteiger partial charge < -0.3 is 4.74 Å². The van der Waals surface area contributed by atoms with Crippen LogP contribution in [-0.4, -0.2) is 34.8 Å². The van der Waals surface area contributed by atoms with Crippen molar-refractivity contribution in [2.24, 2.45) is 5.10 Å². The lowest BCUT2D eigenvalue weighted by molar-refractivity contribution is -0.517. The Kier molecular flexibility index (Phi) is 1.70. The van der Waals surface area contributed by atoms with Crippen LogP contribution in [0.2, 0.25) is 0 Å². The molecule has 2 rings (SSSR count). The summed E-state index contributed by atoms with van der Waals surface area (Å²) in [6.07, 6.45) is 0.317. The number of carbonyl (C=O) groups excluding carboxylic acids is 1. The zero-order chi connectivity index (χ0) is 10.3. The van der Waals surface area contributed by atoms with Crippen molar-refractivity contribution in [3.63, 3.8) is 0 Å². The van der Waals surface area contributed by atoms with Crippen LogP contribution < -0.4 is 5.43 Å². The third kappa shape index (κ3) is 0.918. The first-order valence-corrected chi connectivity index (χ1v) is 4.28. The molecule has 2 atom stereocenters. The zero-order valence-electron chi connectivity index (χ0n) is 7.52. The van der Waals surface area contributed by atoms with Gasteiger partial charge in [-0.3, -0.25) is 15.5 Å². The monoisotopic (exact) mass is 199 g/mol. The molecule has 1 heterocycles. The highest BCUT2D eigenvalue weighted by atomic mass is 16.6. The van der Waals surface area contributed by atoms with Crippen molar-refractivity contribution < 1.29 is 14.5 Å². The van der Waals surface area contributed by atoms with Gasteiger partial charge in [-0.05, 0) is 6.92 Å². The summed E-state index contributed by atoms with van der Waals surface area (Å²) >= 11 is 0. The van der Waals surface area contributed by atoms with Crippen LogP contribution in [0, 0.1) is 10.1 Å². The average molecular weight is 199 g/mol. The maximum Gasteiger partial charge on any atom is 0.362 e. The predicted octanol–water partition coefficient (Wildman–Crippen LogP) is -0.704. The van der Waals surface area contributed by atoms with Gasteiger partial charge in [-0.25, -0.2) is 4.79 Å². The molecule has 1 fully saturated rings. The Labute approximate surface area is 79.3 Å². The van der Waals surface area contributed by atoms with E-state index in [0.717, 1.165) is 0 Å². The van der Waals surface area contributed by atoms with Crippen LogP contribution in [0.5, 0.6) is 0 Å². The maximum atomic E-state index is 11.3. The Morgan fingerprint density at radius 3 is 3.14 bits per heavy atom. The highest BCUT2D eigenvalue weighted by Gasteiger charge is 2.75. The summed E-state index contributed by atoms with van der Waals surface area (Å²) in [6, 6.07) is -0.336. The van der Waals surface area contributed by atoms with E-state index in [2.05, 4.69) is 15.3 Å². The quantitative estimate of drug-likeness (QED) is 0.368. The van der Waals surface area contributed by atoms with E-state index in [0.29, 0.717) is 6.42 Å². The van der Waals surface area contributed by atoms with E-state index < -0.39 is 16.4 Å². The Morgan fingerprint density at radius 2 is 2.64 bits per heavy atom. The van der Waals surface area contributed by atoms with Crippen molar-refractivity contribution in [1.82, 2.24) is 5.43 Å². The van der Waals surface area contributed by atoms with Gasteiger partial charge in [0.2, 0.25) is 5.71 Å². The number of hydrogen-bond acceptors (Lipinski definition) is 6. The Bertz CT molecular complexity index is 340. The number of hydrazone groups is 1. The van der Waals surface area contributed by atoms with E-state index in [1.807, 2.05) is 0 Å². The molecule has 1 N–H and O–H groups in total. The van der Waals surface area contributed by atoms with Crippen molar-refractivity contribution in [1.29, 1.82) is 0 Å². The largest absolute Gasteiger partial charge is 0.461 e. The number of ether oxygens (including phenoxy) is 1. The molecule has 1 aliphatic carbocycles. The van der Waals surface area contributed by atoms with Gasteiger partial charge in [0.05, 0.1) is 13.0 Å². The summed E-state index contributed by atoms with van der Waals surface area (Å²) in [7, 11) is 0. The first-order chi connectivity index (χ1) is 6.63. The molecule has 0 bridgehead atoms. The van der Waals surface area contributed by atoms with Crippen molar-refractivity contribution in [3.05, 3.63) is 10.1 Å². The second-order valence-corrected chi connectivity index (χ2v) is 3.25. The van der Waals surface area contributed by atoms with E-state index >= 15 is 0 Å². The fraction of sp³-hybridized carbons (Fsp3) is 0.714. The molecule has 0 spiro atoms. The lowest BCUT2D eigenvalue weighted by atomic mass is 10.1. The molecule has 2 aliphatic rings. The van der Waals surface area contributed by atoms with Gasteiger partial charge in [0.1, 0.15) is 6.04 Å². The average Bonchev–Trinajstić information content (AvgIpc) is 2.74. The molecule has 7 nitrogen and oxygen atoms in total. The number of rotatable bonds is 3. The summed E-state index contributed by atoms with van der Waals surface area (Å²) in [4.78, 5) is 21.6. The molecular formula is C7H9N3O4. The molecule has 1 aliphatic heterocycles. The van der Waals surface area contributed by atoms with Crippen molar-refractivity contribution >= 4 is 11.7 Å². The van der Waals surface area contributed by atoms with Gasteiger partial charge in [0.15, 0.2) is 0 Å². The second kappa shape index (κ2) is 2.66. The lowest BCUT2D eigenvalue weighted by Crippen LogP contribution is -2.39. The lowest BCUT2D eigenvalue weighted by Gasteiger charge is -2.05. The molecule has 0 amide bonds. The van der Waals surface area contributed by atoms with Gasteiger partial charge in [-0.15, -0.1) is 0 Å². The topological polar surface area (TPSA) is 93.8 Å². The molecule has 1 unspecified atom stereocenters. The van der Waals surface area contributed by atoms with E-state index in [1.165, 1.54) is 0 Å². The molecular weight excluding hydrogens is 190 g/mol. The number of hydrogen-bond donors (Lipinski definition) is 1. The molecule has 0 aromatic heterocycles. The molecule has 14 heavy (non-hydrogen) atoms. The van der Waals surface area contributed by atoms with E-state index in [1.54, 1.807) is 6.92 Å². The summed E-state index contributed by atoms with van der Waals surface area (Å²) in [5.74, 6) is -0.697. The number of nitro groups is 1. The summed E-state index contributed by atoms with van der Waals surface area (Å²) < 4.78 is 4.68. The predicted molar refractivity (Wildman–Crippen MR) is 45.3 cm³/mol. The Balaban J connectivity index is 2.20. The standard InChI is InChI=1S/C7H9N3O4/c1-2-14-6(11)5-7(10(12)13)3-4(7)8-9-5/h4,8H,2-3H2,1H3/t4-,7?/m0/s1. The van der Waals surface area contributed by atoms with Crippen LogP contribution in [0.15, 0.2) is 5.10 Å². The SMILES string of the molecule is CCOC(=O)C1=NN[C@H]2CC12[N+](=O)[O-].